The van der Waals surface area contributed by atoms with E-state index in [2.05, 4.69) is 30.8 Å². The fourth-order valence-electron chi connectivity index (χ4n) is 2.39. The van der Waals surface area contributed by atoms with Gasteiger partial charge in [-0.25, -0.2) is 0 Å². The second-order valence-corrected chi connectivity index (χ2v) is 7.18. The second-order valence-electron chi connectivity index (χ2n) is 4.89. The van der Waals surface area contributed by atoms with Crippen LogP contribution in [0, 0.1) is 5.21 Å². The molecule has 0 saturated heterocycles. The maximum atomic E-state index is 12.3. The summed E-state index contributed by atoms with van der Waals surface area (Å²) in [5, 5.41) is 13.3. The molecule has 1 heterocycles. The summed E-state index contributed by atoms with van der Waals surface area (Å²) in [5.74, 6) is 0. The Kier molecular flexibility index (Phi) is 5.68. The number of allylic oxidation sites excluding steroid dienone is 1. The molecule has 0 N–H and O–H groups in total. The molecular weight excluding hydrogens is 301 g/mol. The average molecular weight is 322 g/mol. The van der Waals surface area contributed by atoms with Gasteiger partial charge in [0.1, 0.15) is 0 Å². The first kappa shape index (κ1) is 14.4. The van der Waals surface area contributed by atoms with Gasteiger partial charge in [0.2, 0.25) is 0 Å². The third kappa shape index (κ3) is 4.22. The molecule has 1 aromatic carbocycles. The molecule has 1 aliphatic rings. The minimum absolute atomic E-state index is 0.203. The Bertz CT molecular complexity index is 441. The third-order valence-corrected chi connectivity index (χ3v) is 5.90. The van der Waals surface area contributed by atoms with E-state index in [1.807, 2.05) is 12.1 Å². The number of rotatable bonds is 6. The maximum absolute atomic E-state index is 12.3. The zero-order valence-corrected chi connectivity index (χ0v) is 13.0. The molecule has 19 heavy (non-hydrogen) atoms. The minimum atomic E-state index is 0.203. The molecule has 2 nitrogen and oxygen atoms in total. The Morgan fingerprint density at radius 2 is 2.16 bits per heavy atom. The van der Waals surface area contributed by atoms with E-state index in [0.29, 0.717) is 15.0 Å². The predicted octanol–water partition coefficient (Wildman–Crippen LogP) is 2.90. The first-order valence-electron chi connectivity index (χ1n) is 6.91. The Morgan fingerprint density at radius 3 is 2.89 bits per heavy atom. The molecular formula is C16H21NOSe. The van der Waals surface area contributed by atoms with E-state index in [0.717, 1.165) is 36.7 Å². The van der Waals surface area contributed by atoms with Gasteiger partial charge in [-0.2, -0.15) is 0 Å². The number of nitrogens with zero attached hydrogens (tertiary/aromatic N) is 1. The van der Waals surface area contributed by atoms with Crippen molar-refractivity contribution in [1.82, 2.24) is 0 Å². The summed E-state index contributed by atoms with van der Waals surface area (Å²) in [5.41, 5.74) is 1.08. The van der Waals surface area contributed by atoms with Crippen molar-refractivity contribution < 1.29 is 4.74 Å². The SMILES string of the molecule is C=CCCC1=[N+]([O-])C(C[Se]c2ccccc2)CCC1. The topological polar surface area (TPSA) is 26.1 Å². The molecule has 3 heteroatoms. The fraction of sp³-hybridized carbons (Fsp3) is 0.438. The van der Waals surface area contributed by atoms with Crippen LogP contribution in [0.1, 0.15) is 32.1 Å². The van der Waals surface area contributed by atoms with Gasteiger partial charge in [0, 0.05) is 0 Å². The molecule has 0 bridgehead atoms. The first-order valence-corrected chi connectivity index (χ1v) is 8.98. The summed E-state index contributed by atoms with van der Waals surface area (Å²) in [6.07, 6.45) is 6.91. The van der Waals surface area contributed by atoms with E-state index in [1.165, 1.54) is 15.6 Å². The third-order valence-electron chi connectivity index (χ3n) is 3.47. The summed E-state index contributed by atoms with van der Waals surface area (Å²) in [4.78, 5) is 0. The average Bonchev–Trinajstić information content (AvgIpc) is 2.46. The van der Waals surface area contributed by atoms with E-state index < -0.39 is 0 Å². The van der Waals surface area contributed by atoms with Crippen LogP contribution in [0.2, 0.25) is 5.32 Å². The van der Waals surface area contributed by atoms with Crippen LogP contribution in [0.3, 0.4) is 0 Å². The molecule has 0 spiro atoms. The molecule has 1 atom stereocenters. The van der Waals surface area contributed by atoms with Crippen LogP contribution in [0.4, 0.5) is 0 Å². The molecule has 1 unspecified atom stereocenters. The van der Waals surface area contributed by atoms with Gasteiger partial charge in [0.25, 0.3) is 0 Å². The Balaban J connectivity index is 1.94. The number of hydrogen-bond donors (Lipinski definition) is 0. The van der Waals surface area contributed by atoms with Gasteiger partial charge in [0.05, 0.1) is 0 Å². The van der Waals surface area contributed by atoms with E-state index in [-0.39, 0.29) is 6.04 Å². The molecule has 1 aliphatic heterocycles. The predicted molar refractivity (Wildman–Crippen MR) is 82.3 cm³/mol. The van der Waals surface area contributed by atoms with Gasteiger partial charge in [-0.15, -0.1) is 0 Å². The summed E-state index contributed by atoms with van der Waals surface area (Å²) in [6.45, 7) is 3.73. The van der Waals surface area contributed by atoms with Gasteiger partial charge in [-0.3, -0.25) is 0 Å². The summed E-state index contributed by atoms with van der Waals surface area (Å²) in [7, 11) is 0. The van der Waals surface area contributed by atoms with Crippen LogP contribution < -0.4 is 4.46 Å². The van der Waals surface area contributed by atoms with Crippen molar-refractivity contribution in [3.8, 4) is 0 Å². The number of hydroxylamine groups is 1. The summed E-state index contributed by atoms with van der Waals surface area (Å²) in [6, 6.07) is 10.7. The van der Waals surface area contributed by atoms with Crippen LogP contribution in [0.5, 0.6) is 0 Å². The van der Waals surface area contributed by atoms with Gasteiger partial charge < -0.3 is 0 Å². The van der Waals surface area contributed by atoms with Crippen molar-refractivity contribution in [2.45, 2.75) is 43.5 Å². The molecule has 0 aliphatic carbocycles. The second kappa shape index (κ2) is 7.52. The van der Waals surface area contributed by atoms with E-state index in [1.54, 1.807) is 0 Å². The Hall–Kier alpha value is -1.05. The van der Waals surface area contributed by atoms with Crippen LogP contribution in [0.15, 0.2) is 43.0 Å². The molecule has 102 valence electrons. The first-order chi connectivity index (χ1) is 9.31. The summed E-state index contributed by atoms with van der Waals surface area (Å²) < 4.78 is 2.71. The van der Waals surface area contributed by atoms with Gasteiger partial charge in [0.15, 0.2) is 0 Å². The van der Waals surface area contributed by atoms with Crippen molar-refractivity contribution in [3.05, 3.63) is 48.2 Å². The molecule has 0 amide bonds. The van der Waals surface area contributed by atoms with E-state index in [4.69, 9.17) is 0 Å². The quantitative estimate of drug-likeness (QED) is 0.342. The molecule has 0 radical (unpaired) electrons. The van der Waals surface area contributed by atoms with Crippen molar-refractivity contribution >= 4 is 25.1 Å². The van der Waals surface area contributed by atoms with Crippen LogP contribution in [-0.2, 0) is 0 Å². The van der Waals surface area contributed by atoms with Gasteiger partial charge >= 0.3 is 122 Å². The zero-order valence-electron chi connectivity index (χ0n) is 11.3. The van der Waals surface area contributed by atoms with Gasteiger partial charge in [-0.1, -0.05) is 0 Å². The van der Waals surface area contributed by atoms with Gasteiger partial charge in [-0.05, 0) is 0 Å². The molecule has 0 saturated carbocycles. The van der Waals surface area contributed by atoms with E-state index >= 15 is 0 Å². The van der Waals surface area contributed by atoms with Crippen LogP contribution in [0.25, 0.3) is 0 Å². The summed E-state index contributed by atoms with van der Waals surface area (Å²) >= 11 is 0.412. The number of benzene rings is 1. The van der Waals surface area contributed by atoms with Crippen molar-refractivity contribution in [2.24, 2.45) is 0 Å². The molecule has 2 rings (SSSR count). The molecule has 0 fully saturated rings. The monoisotopic (exact) mass is 323 g/mol. The van der Waals surface area contributed by atoms with E-state index in [9.17, 15) is 5.21 Å². The van der Waals surface area contributed by atoms with Crippen molar-refractivity contribution in [2.75, 3.05) is 0 Å². The number of hydrogen-bond acceptors (Lipinski definition) is 1. The standard InChI is InChI=1S/C16H21NOSe/c1-2-3-8-14-9-7-10-15(17(14)18)13-19-16-11-5-4-6-12-16/h2,4-6,11-12,15H,1,3,7-10,13H2. The Morgan fingerprint density at radius 1 is 1.37 bits per heavy atom. The Labute approximate surface area is 122 Å². The van der Waals surface area contributed by atoms with Crippen LogP contribution in [-0.4, -0.2) is 31.4 Å². The normalized spacial score (nSPS) is 19.5. The van der Waals surface area contributed by atoms with Crippen molar-refractivity contribution in [3.63, 3.8) is 0 Å². The zero-order chi connectivity index (χ0) is 13.5. The van der Waals surface area contributed by atoms with Crippen molar-refractivity contribution in [1.29, 1.82) is 0 Å². The molecule has 0 aromatic heterocycles. The fourth-order valence-corrected chi connectivity index (χ4v) is 4.57. The molecule has 1 aromatic rings. The van der Waals surface area contributed by atoms with Crippen LogP contribution >= 0.6 is 0 Å².